The second kappa shape index (κ2) is 5.56. The van der Waals surface area contributed by atoms with E-state index < -0.39 is 0 Å². The molecule has 4 aromatic rings. The van der Waals surface area contributed by atoms with E-state index in [-0.39, 0.29) is 5.82 Å². The van der Waals surface area contributed by atoms with Gasteiger partial charge in [0.2, 0.25) is 4.96 Å². The van der Waals surface area contributed by atoms with Gasteiger partial charge in [-0.3, -0.25) is 0 Å². The zero-order valence-corrected chi connectivity index (χ0v) is 13.7. The van der Waals surface area contributed by atoms with Crippen LogP contribution in [0, 0.1) is 5.82 Å². The Bertz CT molecular complexity index is 1010. The van der Waals surface area contributed by atoms with Gasteiger partial charge < -0.3 is 0 Å². The molecular formula is C15H7Cl2FN4S. The zero-order valence-electron chi connectivity index (χ0n) is 11.4. The summed E-state index contributed by atoms with van der Waals surface area (Å²) >= 11 is 13.5. The summed E-state index contributed by atoms with van der Waals surface area (Å²) in [5.41, 5.74) is 1.51. The number of halogens is 3. The maximum atomic E-state index is 13.1. The van der Waals surface area contributed by atoms with Crippen LogP contribution in [0.1, 0.15) is 0 Å². The normalized spacial score (nSPS) is 11.3. The minimum atomic E-state index is -0.304. The van der Waals surface area contributed by atoms with Crippen LogP contribution in [0.2, 0.25) is 10.0 Å². The molecule has 0 unspecified atom stereocenters. The Morgan fingerprint density at radius 2 is 1.78 bits per heavy atom. The first-order valence-electron chi connectivity index (χ1n) is 6.55. The lowest BCUT2D eigenvalue weighted by atomic mass is 10.2. The van der Waals surface area contributed by atoms with Crippen LogP contribution in [0.4, 0.5) is 4.39 Å². The zero-order chi connectivity index (χ0) is 16.0. The molecule has 0 aliphatic heterocycles. The monoisotopic (exact) mass is 364 g/mol. The predicted molar refractivity (Wildman–Crippen MR) is 89.5 cm³/mol. The summed E-state index contributed by atoms with van der Waals surface area (Å²) in [5.74, 6) is 0.244. The third kappa shape index (κ3) is 2.59. The number of hydrogen-bond donors (Lipinski definition) is 0. The quantitative estimate of drug-likeness (QED) is 0.504. The lowest BCUT2D eigenvalue weighted by Crippen LogP contribution is -1.91. The Morgan fingerprint density at radius 1 is 1.00 bits per heavy atom. The van der Waals surface area contributed by atoms with Crippen LogP contribution in [0.25, 0.3) is 26.9 Å². The Morgan fingerprint density at radius 3 is 2.52 bits per heavy atom. The molecule has 8 heteroatoms. The summed E-state index contributed by atoms with van der Waals surface area (Å²) < 4.78 is 14.7. The molecule has 0 bridgehead atoms. The summed E-state index contributed by atoms with van der Waals surface area (Å²) in [6.07, 6.45) is 0. The standard InChI is InChI=1S/C15H7Cl2FN4S/c16-9-3-6-11(12(17)7-9)14-21-22-13(19-20-15(22)23-14)8-1-4-10(18)5-2-8/h1-7H. The number of aromatic nitrogens is 4. The average Bonchev–Trinajstić information content (AvgIpc) is 3.08. The molecule has 0 radical (unpaired) electrons. The van der Waals surface area contributed by atoms with Gasteiger partial charge in [-0.15, -0.1) is 10.2 Å². The molecule has 0 amide bonds. The third-order valence-electron chi connectivity index (χ3n) is 3.25. The molecule has 0 saturated carbocycles. The Kier molecular flexibility index (Phi) is 3.52. The van der Waals surface area contributed by atoms with Crippen molar-refractivity contribution in [2.24, 2.45) is 0 Å². The molecule has 4 nitrogen and oxygen atoms in total. The van der Waals surface area contributed by atoms with Crippen molar-refractivity contribution in [1.29, 1.82) is 0 Å². The van der Waals surface area contributed by atoms with Crippen molar-refractivity contribution in [2.75, 3.05) is 0 Å². The molecule has 23 heavy (non-hydrogen) atoms. The Hall–Kier alpha value is -2.02. The van der Waals surface area contributed by atoms with Gasteiger partial charge in [-0.2, -0.15) is 9.61 Å². The molecule has 0 aliphatic carbocycles. The van der Waals surface area contributed by atoms with Gasteiger partial charge in [0, 0.05) is 16.1 Å². The highest BCUT2D eigenvalue weighted by Crippen LogP contribution is 2.34. The summed E-state index contributed by atoms with van der Waals surface area (Å²) in [6.45, 7) is 0. The van der Waals surface area contributed by atoms with Crippen molar-refractivity contribution >= 4 is 39.5 Å². The lowest BCUT2D eigenvalue weighted by Gasteiger charge is -2.00. The van der Waals surface area contributed by atoms with Crippen LogP contribution in [0.3, 0.4) is 0 Å². The molecule has 0 N–H and O–H groups in total. The molecule has 114 valence electrons. The Balaban J connectivity index is 1.84. The average molecular weight is 365 g/mol. The molecular weight excluding hydrogens is 358 g/mol. The highest BCUT2D eigenvalue weighted by Gasteiger charge is 2.16. The van der Waals surface area contributed by atoms with E-state index in [0.29, 0.717) is 25.8 Å². The van der Waals surface area contributed by atoms with E-state index in [2.05, 4.69) is 15.3 Å². The van der Waals surface area contributed by atoms with Crippen LogP contribution in [0.15, 0.2) is 42.5 Å². The van der Waals surface area contributed by atoms with E-state index in [1.807, 2.05) is 6.07 Å². The Labute approximate surface area is 144 Å². The fraction of sp³-hybridized carbons (Fsp3) is 0. The largest absolute Gasteiger partial charge is 0.235 e. The molecule has 0 atom stereocenters. The van der Waals surface area contributed by atoms with Crippen molar-refractivity contribution < 1.29 is 4.39 Å². The first kappa shape index (κ1) is 14.6. The second-order valence-electron chi connectivity index (χ2n) is 4.76. The summed E-state index contributed by atoms with van der Waals surface area (Å²) in [5, 5.41) is 14.5. The van der Waals surface area contributed by atoms with E-state index in [1.54, 1.807) is 28.8 Å². The van der Waals surface area contributed by atoms with Crippen LogP contribution >= 0.6 is 34.5 Å². The van der Waals surface area contributed by atoms with Gasteiger partial charge in [0.1, 0.15) is 10.8 Å². The first-order valence-corrected chi connectivity index (χ1v) is 8.13. The van der Waals surface area contributed by atoms with Gasteiger partial charge in [0.15, 0.2) is 5.82 Å². The predicted octanol–water partition coefficient (Wildman–Crippen LogP) is 4.97. The maximum absolute atomic E-state index is 13.1. The van der Waals surface area contributed by atoms with Gasteiger partial charge in [-0.25, -0.2) is 4.39 Å². The smallest absolute Gasteiger partial charge is 0.207 e. The highest BCUT2D eigenvalue weighted by atomic mass is 35.5. The first-order chi connectivity index (χ1) is 11.1. The fourth-order valence-electron chi connectivity index (χ4n) is 2.17. The van der Waals surface area contributed by atoms with E-state index in [9.17, 15) is 4.39 Å². The van der Waals surface area contributed by atoms with Crippen LogP contribution in [0.5, 0.6) is 0 Å². The number of benzene rings is 2. The van der Waals surface area contributed by atoms with Crippen molar-refractivity contribution in [3.63, 3.8) is 0 Å². The molecule has 4 rings (SSSR count). The molecule has 2 aromatic carbocycles. The van der Waals surface area contributed by atoms with Crippen molar-refractivity contribution in [3.05, 3.63) is 58.3 Å². The van der Waals surface area contributed by atoms with Gasteiger partial charge in [-0.05, 0) is 42.5 Å². The van der Waals surface area contributed by atoms with Crippen LogP contribution in [-0.2, 0) is 0 Å². The molecule has 2 aromatic heterocycles. The molecule has 2 heterocycles. The van der Waals surface area contributed by atoms with Gasteiger partial charge in [0.25, 0.3) is 0 Å². The minimum Gasteiger partial charge on any atom is -0.207 e. The van der Waals surface area contributed by atoms with Crippen LogP contribution in [-0.4, -0.2) is 19.8 Å². The number of fused-ring (bicyclic) bond motifs is 1. The maximum Gasteiger partial charge on any atom is 0.235 e. The van der Waals surface area contributed by atoms with E-state index >= 15 is 0 Å². The van der Waals surface area contributed by atoms with Gasteiger partial charge >= 0.3 is 0 Å². The number of nitrogens with zero attached hydrogens (tertiary/aromatic N) is 4. The molecule has 0 fully saturated rings. The summed E-state index contributed by atoms with van der Waals surface area (Å²) in [7, 11) is 0. The van der Waals surface area contributed by atoms with Crippen molar-refractivity contribution in [3.8, 4) is 22.0 Å². The van der Waals surface area contributed by atoms with E-state index in [4.69, 9.17) is 23.2 Å². The fourth-order valence-corrected chi connectivity index (χ4v) is 3.60. The number of rotatable bonds is 2. The van der Waals surface area contributed by atoms with E-state index in [1.165, 1.54) is 23.5 Å². The third-order valence-corrected chi connectivity index (χ3v) is 4.73. The summed E-state index contributed by atoms with van der Waals surface area (Å²) in [6, 6.07) is 11.3. The second-order valence-corrected chi connectivity index (χ2v) is 6.56. The minimum absolute atomic E-state index is 0.304. The van der Waals surface area contributed by atoms with Gasteiger partial charge in [0.05, 0.1) is 5.02 Å². The van der Waals surface area contributed by atoms with Crippen molar-refractivity contribution in [2.45, 2.75) is 0 Å². The van der Waals surface area contributed by atoms with Crippen LogP contribution < -0.4 is 0 Å². The highest BCUT2D eigenvalue weighted by molar-refractivity contribution is 7.19. The lowest BCUT2D eigenvalue weighted by molar-refractivity contribution is 0.628. The SMILES string of the molecule is Fc1ccc(-c2nnc3sc(-c4ccc(Cl)cc4Cl)nn23)cc1. The summed E-state index contributed by atoms with van der Waals surface area (Å²) in [4.78, 5) is 0.630. The topological polar surface area (TPSA) is 43.1 Å². The molecule has 0 saturated heterocycles. The number of hydrogen-bond acceptors (Lipinski definition) is 4. The van der Waals surface area contributed by atoms with Gasteiger partial charge in [-0.1, -0.05) is 34.5 Å². The van der Waals surface area contributed by atoms with Crippen molar-refractivity contribution in [1.82, 2.24) is 19.8 Å². The van der Waals surface area contributed by atoms with E-state index in [0.717, 1.165) is 11.1 Å². The molecule has 0 aliphatic rings. The molecule has 0 spiro atoms.